The van der Waals surface area contributed by atoms with Crippen molar-refractivity contribution in [3.63, 3.8) is 0 Å². The van der Waals surface area contributed by atoms with Crippen LogP contribution in [0.5, 0.6) is 0 Å². The zero-order chi connectivity index (χ0) is 11.8. The maximum Gasteiger partial charge on any atom is 0.214 e. The second kappa shape index (κ2) is 3.67. The molecule has 5 nitrogen and oxygen atoms in total. The van der Waals surface area contributed by atoms with E-state index >= 15 is 0 Å². The van der Waals surface area contributed by atoms with Gasteiger partial charge < -0.3 is 5.84 Å². The topological polar surface area (TPSA) is 72.5 Å². The molecule has 3 N–H and O–H groups in total. The van der Waals surface area contributed by atoms with Crippen molar-refractivity contribution in [3.8, 4) is 11.4 Å². The highest BCUT2D eigenvalue weighted by molar-refractivity contribution is 7.71. The van der Waals surface area contributed by atoms with Crippen LogP contribution in [0.4, 0.5) is 0 Å². The summed E-state index contributed by atoms with van der Waals surface area (Å²) < 4.78 is 1.75. The average Bonchev–Trinajstić information content (AvgIpc) is 2.69. The molecular weight excluding hydrogens is 234 g/mol. The molecule has 0 bridgehead atoms. The van der Waals surface area contributed by atoms with E-state index in [0.717, 1.165) is 16.5 Å². The van der Waals surface area contributed by atoms with E-state index in [0.29, 0.717) is 10.6 Å². The molecule has 0 spiro atoms. The summed E-state index contributed by atoms with van der Waals surface area (Å²) >= 11 is 5.00. The number of aromatic amines is 1. The molecule has 0 unspecified atom stereocenters. The molecule has 2 aromatic heterocycles. The van der Waals surface area contributed by atoms with Gasteiger partial charge in [-0.1, -0.05) is 18.2 Å². The van der Waals surface area contributed by atoms with Gasteiger partial charge in [-0.05, 0) is 24.4 Å². The molecule has 6 heteroatoms. The Labute approximate surface area is 102 Å². The smallest absolute Gasteiger partial charge is 0.214 e. The Kier molecular flexibility index (Phi) is 2.15. The van der Waals surface area contributed by atoms with Crippen molar-refractivity contribution >= 4 is 23.1 Å². The molecule has 3 rings (SSSR count). The van der Waals surface area contributed by atoms with Crippen LogP contribution in [0, 0.1) is 4.77 Å². The lowest BCUT2D eigenvalue weighted by molar-refractivity contribution is 0.985. The fourth-order valence-corrected chi connectivity index (χ4v) is 1.93. The largest absolute Gasteiger partial charge is 0.335 e. The van der Waals surface area contributed by atoms with E-state index in [1.165, 1.54) is 4.68 Å². The van der Waals surface area contributed by atoms with E-state index in [9.17, 15) is 0 Å². The van der Waals surface area contributed by atoms with Gasteiger partial charge in [0.1, 0.15) is 0 Å². The van der Waals surface area contributed by atoms with Gasteiger partial charge in [-0.3, -0.25) is 4.98 Å². The molecule has 17 heavy (non-hydrogen) atoms. The van der Waals surface area contributed by atoms with E-state index in [1.54, 1.807) is 6.20 Å². The number of nitrogens with one attached hydrogen (secondary N) is 1. The fraction of sp³-hybridized carbons (Fsp3) is 0. The van der Waals surface area contributed by atoms with Crippen LogP contribution < -0.4 is 5.84 Å². The maximum atomic E-state index is 5.82. The van der Waals surface area contributed by atoms with E-state index in [4.69, 9.17) is 18.1 Å². The fourth-order valence-electron chi connectivity index (χ4n) is 1.79. The summed E-state index contributed by atoms with van der Waals surface area (Å²) in [6.45, 7) is 0. The molecular formula is C11H9N5S. The summed E-state index contributed by atoms with van der Waals surface area (Å²) in [5, 5.41) is 7.80. The number of pyridine rings is 1. The number of nitrogens with zero attached hydrogens (tertiary/aromatic N) is 3. The van der Waals surface area contributed by atoms with Crippen LogP contribution in [0.25, 0.3) is 22.3 Å². The molecule has 0 aliphatic heterocycles. The SMILES string of the molecule is Nn1c(-c2cccc3ncccc23)n[nH]c1=S. The first kappa shape index (κ1) is 9.98. The van der Waals surface area contributed by atoms with Gasteiger partial charge in [-0.2, -0.15) is 5.10 Å². The number of rotatable bonds is 1. The van der Waals surface area contributed by atoms with Gasteiger partial charge in [0.15, 0.2) is 5.82 Å². The van der Waals surface area contributed by atoms with Crippen LogP contribution in [0.3, 0.4) is 0 Å². The zero-order valence-electron chi connectivity index (χ0n) is 8.79. The van der Waals surface area contributed by atoms with Gasteiger partial charge >= 0.3 is 0 Å². The van der Waals surface area contributed by atoms with Crippen molar-refractivity contribution in [1.82, 2.24) is 19.9 Å². The van der Waals surface area contributed by atoms with Gasteiger partial charge in [0, 0.05) is 17.1 Å². The highest BCUT2D eigenvalue weighted by atomic mass is 32.1. The number of aromatic nitrogens is 4. The summed E-state index contributed by atoms with van der Waals surface area (Å²) in [5.74, 6) is 6.43. The molecule has 1 aromatic carbocycles. The van der Waals surface area contributed by atoms with Crippen molar-refractivity contribution in [2.45, 2.75) is 0 Å². The van der Waals surface area contributed by atoms with E-state index in [2.05, 4.69) is 15.2 Å². The number of hydrogen-bond donors (Lipinski definition) is 2. The van der Waals surface area contributed by atoms with Crippen LogP contribution in [0.15, 0.2) is 36.5 Å². The lowest BCUT2D eigenvalue weighted by Gasteiger charge is -2.04. The Morgan fingerprint density at radius 3 is 2.88 bits per heavy atom. The molecule has 0 aliphatic rings. The Bertz CT molecular complexity index is 737. The lowest BCUT2D eigenvalue weighted by Crippen LogP contribution is -2.10. The van der Waals surface area contributed by atoms with Gasteiger partial charge in [0.2, 0.25) is 4.77 Å². The minimum Gasteiger partial charge on any atom is -0.335 e. The molecule has 0 fully saturated rings. The first-order valence-electron chi connectivity index (χ1n) is 5.04. The molecule has 0 amide bonds. The van der Waals surface area contributed by atoms with Crippen LogP contribution >= 0.6 is 12.2 Å². The molecule has 2 heterocycles. The Balaban J connectivity index is 2.38. The first-order chi connectivity index (χ1) is 8.27. The number of fused-ring (bicyclic) bond motifs is 1. The first-order valence-corrected chi connectivity index (χ1v) is 5.45. The molecule has 3 aromatic rings. The third-order valence-corrected chi connectivity index (χ3v) is 2.88. The van der Waals surface area contributed by atoms with Crippen LogP contribution in [-0.2, 0) is 0 Å². The number of H-pyrrole nitrogens is 1. The minimum atomic E-state index is 0.390. The van der Waals surface area contributed by atoms with Crippen molar-refractivity contribution in [1.29, 1.82) is 0 Å². The molecule has 84 valence electrons. The Morgan fingerprint density at radius 1 is 1.24 bits per heavy atom. The van der Waals surface area contributed by atoms with Crippen LogP contribution in [0.2, 0.25) is 0 Å². The average molecular weight is 243 g/mol. The summed E-state index contributed by atoms with van der Waals surface area (Å²) in [6.07, 6.45) is 1.76. The normalized spacial score (nSPS) is 10.8. The van der Waals surface area contributed by atoms with Crippen molar-refractivity contribution in [2.75, 3.05) is 5.84 Å². The highest BCUT2D eigenvalue weighted by Crippen LogP contribution is 2.24. The summed E-state index contributed by atoms with van der Waals surface area (Å²) in [7, 11) is 0. The molecule has 0 atom stereocenters. The van der Waals surface area contributed by atoms with Crippen LogP contribution in [0.1, 0.15) is 0 Å². The number of hydrogen-bond acceptors (Lipinski definition) is 4. The standard InChI is InChI=1S/C11H9N5S/c12-16-10(14-15-11(16)17)8-3-1-5-9-7(8)4-2-6-13-9/h1-6H,12H2,(H,15,17). The predicted molar refractivity (Wildman–Crippen MR) is 68.3 cm³/mol. The zero-order valence-corrected chi connectivity index (χ0v) is 9.61. The predicted octanol–water partition coefficient (Wildman–Crippen LogP) is 1.87. The second-order valence-corrected chi connectivity index (χ2v) is 3.98. The van der Waals surface area contributed by atoms with E-state index in [1.807, 2.05) is 30.3 Å². The monoisotopic (exact) mass is 243 g/mol. The Hall–Kier alpha value is -2.21. The van der Waals surface area contributed by atoms with Gasteiger partial charge in [-0.15, -0.1) is 0 Å². The van der Waals surface area contributed by atoms with Crippen LogP contribution in [-0.4, -0.2) is 19.9 Å². The Morgan fingerprint density at radius 2 is 2.12 bits per heavy atom. The lowest BCUT2D eigenvalue weighted by atomic mass is 10.1. The summed E-state index contributed by atoms with van der Waals surface area (Å²) in [4.78, 5) is 4.29. The van der Waals surface area contributed by atoms with Crippen molar-refractivity contribution in [3.05, 3.63) is 41.3 Å². The maximum absolute atomic E-state index is 5.82. The highest BCUT2D eigenvalue weighted by Gasteiger charge is 2.09. The van der Waals surface area contributed by atoms with Gasteiger partial charge in [-0.25, -0.2) is 9.77 Å². The number of nitrogens with two attached hydrogens (primary N) is 1. The molecule has 0 aliphatic carbocycles. The second-order valence-electron chi connectivity index (χ2n) is 3.60. The molecule has 0 saturated carbocycles. The number of benzene rings is 1. The van der Waals surface area contributed by atoms with Gasteiger partial charge in [0.05, 0.1) is 5.52 Å². The van der Waals surface area contributed by atoms with E-state index < -0.39 is 0 Å². The van der Waals surface area contributed by atoms with Crippen molar-refractivity contribution in [2.24, 2.45) is 0 Å². The molecule has 0 radical (unpaired) electrons. The molecule has 0 saturated heterocycles. The summed E-state index contributed by atoms with van der Waals surface area (Å²) in [6, 6.07) is 9.67. The number of nitrogen functional groups attached to an aromatic ring is 1. The minimum absolute atomic E-state index is 0.390. The van der Waals surface area contributed by atoms with Gasteiger partial charge in [0.25, 0.3) is 0 Å². The quantitative estimate of drug-likeness (QED) is 0.505. The third-order valence-electron chi connectivity index (χ3n) is 2.59. The third kappa shape index (κ3) is 1.50. The summed E-state index contributed by atoms with van der Waals surface area (Å²) in [5.41, 5.74) is 1.81. The van der Waals surface area contributed by atoms with E-state index in [-0.39, 0.29) is 0 Å². The van der Waals surface area contributed by atoms with Crippen molar-refractivity contribution < 1.29 is 0 Å².